The van der Waals surface area contributed by atoms with Crippen molar-refractivity contribution in [2.75, 3.05) is 26.2 Å². The second-order valence-corrected chi connectivity index (χ2v) is 7.61. The highest BCUT2D eigenvalue weighted by atomic mass is 15.3. The van der Waals surface area contributed by atoms with Crippen LogP contribution in [0.1, 0.15) is 49.3 Å². The van der Waals surface area contributed by atoms with Crippen molar-refractivity contribution in [3.8, 4) is 0 Å². The van der Waals surface area contributed by atoms with E-state index in [1.807, 2.05) is 6.20 Å². The lowest BCUT2D eigenvalue weighted by atomic mass is 9.99. The van der Waals surface area contributed by atoms with Gasteiger partial charge in [-0.15, -0.1) is 0 Å². The van der Waals surface area contributed by atoms with Crippen LogP contribution >= 0.6 is 0 Å². The van der Waals surface area contributed by atoms with Gasteiger partial charge in [0.05, 0.1) is 0 Å². The number of pyridine rings is 1. The Labute approximate surface area is 137 Å². The summed E-state index contributed by atoms with van der Waals surface area (Å²) in [4.78, 5) is 13.6. The van der Waals surface area contributed by atoms with Crippen LogP contribution in [0.5, 0.6) is 0 Å². The van der Waals surface area contributed by atoms with Crippen molar-refractivity contribution in [3.05, 3.63) is 29.6 Å². The van der Waals surface area contributed by atoms with Gasteiger partial charge in [0.2, 0.25) is 0 Å². The molecular formula is C19H26N4. The van der Waals surface area contributed by atoms with Crippen LogP contribution in [0.15, 0.2) is 18.3 Å². The maximum Gasteiger partial charge on any atom is 0.137 e. The molecule has 122 valence electrons. The van der Waals surface area contributed by atoms with Crippen molar-refractivity contribution in [1.29, 1.82) is 0 Å². The van der Waals surface area contributed by atoms with Crippen molar-refractivity contribution in [3.63, 3.8) is 0 Å². The van der Waals surface area contributed by atoms with Crippen molar-refractivity contribution < 1.29 is 0 Å². The van der Waals surface area contributed by atoms with Crippen molar-refractivity contribution >= 4 is 11.0 Å². The first kappa shape index (κ1) is 14.0. The van der Waals surface area contributed by atoms with Gasteiger partial charge in [0.15, 0.2) is 0 Å². The molecule has 0 spiro atoms. The summed E-state index contributed by atoms with van der Waals surface area (Å²) in [7, 11) is 0. The lowest BCUT2D eigenvalue weighted by molar-refractivity contribution is 0.0457. The molecule has 0 unspecified atom stereocenters. The van der Waals surface area contributed by atoms with Crippen molar-refractivity contribution in [2.24, 2.45) is 0 Å². The topological polar surface area (TPSA) is 35.2 Å². The molecule has 2 aromatic heterocycles. The summed E-state index contributed by atoms with van der Waals surface area (Å²) in [6, 6.07) is 5.12. The van der Waals surface area contributed by atoms with E-state index in [1.165, 1.54) is 74.9 Å². The van der Waals surface area contributed by atoms with E-state index in [2.05, 4.69) is 31.9 Å². The first-order valence-corrected chi connectivity index (χ1v) is 9.30. The SMILES string of the molecule is c1cnc2[nH]c(C3CC3)c(CN3CCN4CCCC[C@@H]4C3)c2c1. The molecule has 4 heteroatoms. The predicted molar refractivity (Wildman–Crippen MR) is 92.6 cm³/mol. The van der Waals surface area contributed by atoms with Gasteiger partial charge in [-0.2, -0.15) is 0 Å². The summed E-state index contributed by atoms with van der Waals surface area (Å²) >= 11 is 0. The fourth-order valence-corrected chi connectivity index (χ4v) is 4.57. The molecule has 0 aromatic carbocycles. The van der Waals surface area contributed by atoms with E-state index < -0.39 is 0 Å². The summed E-state index contributed by atoms with van der Waals surface area (Å²) in [5.41, 5.74) is 4.09. The van der Waals surface area contributed by atoms with Gasteiger partial charge in [-0.05, 0) is 55.8 Å². The quantitative estimate of drug-likeness (QED) is 0.946. The van der Waals surface area contributed by atoms with Crippen LogP contribution in [0.3, 0.4) is 0 Å². The summed E-state index contributed by atoms with van der Waals surface area (Å²) in [6.07, 6.45) is 8.80. The highest BCUT2D eigenvalue weighted by Crippen LogP contribution is 2.43. The lowest BCUT2D eigenvalue weighted by Crippen LogP contribution is -2.54. The first-order valence-electron chi connectivity index (χ1n) is 9.30. The maximum absolute atomic E-state index is 4.55. The van der Waals surface area contributed by atoms with E-state index in [0.29, 0.717) is 0 Å². The number of aromatic nitrogens is 2. The van der Waals surface area contributed by atoms with E-state index in [9.17, 15) is 0 Å². The maximum atomic E-state index is 4.55. The van der Waals surface area contributed by atoms with Gasteiger partial charge in [0.25, 0.3) is 0 Å². The fraction of sp³-hybridized carbons (Fsp3) is 0.632. The van der Waals surface area contributed by atoms with Gasteiger partial charge in [0.1, 0.15) is 5.65 Å². The second kappa shape index (κ2) is 5.60. The molecule has 4 nitrogen and oxygen atoms in total. The molecule has 2 saturated heterocycles. The Balaban J connectivity index is 1.41. The minimum Gasteiger partial charge on any atom is -0.343 e. The Bertz CT molecular complexity index is 702. The predicted octanol–water partition coefficient (Wildman–Crippen LogP) is 3.11. The molecule has 1 saturated carbocycles. The molecule has 3 aliphatic rings. The average Bonchev–Trinajstić information content (AvgIpc) is 3.38. The summed E-state index contributed by atoms with van der Waals surface area (Å²) < 4.78 is 0. The average molecular weight is 310 g/mol. The van der Waals surface area contributed by atoms with Crippen LogP contribution in [0.25, 0.3) is 11.0 Å². The van der Waals surface area contributed by atoms with Gasteiger partial charge in [0, 0.05) is 49.5 Å². The van der Waals surface area contributed by atoms with Gasteiger partial charge in [-0.1, -0.05) is 6.42 Å². The van der Waals surface area contributed by atoms with E-state index >= 15 is 0 Å². The summed E-state index contributed by atoms with van der Waals surface area (Å²) in [6.45, 7) is 6.14. The number of aromatic amines is 1. The third kappa shape index (κ3) is 2.58. The zero-order chi connectivity index (χ0) is 15.2. The second-order valence-electron chi connectivity index (χ2n) is 7.61. The van der Waals surface area contributed by atoms with Gasteiger partial charge >= 0.3 is 0 Å². The number of nitrogens with zero attached hydrogens (tertiary/aromatic N) is 3. The summed E-state index contributed by atoms with van der Waals surface area (Å²) in [5.74, 6) is 0.759. The molecule has 0 bridgehead atoms. The number of hydrogen-bond donors (Lipinski definition) is 1. The lowest BCUT2D eigenvalue weighted by Gasteiger charge is -2.44. The minimum atomic E-state index is 0.759. The Morgan fingerprint density at radius 3 is 3.00 bits per heavy atom. The smallest absolute Gasteiger partial charge is 0.137 e. The van der Waals surface area contributed by atoms with Crippen LogP contribution in [0, 0.1) is 0 Å². The fourth-order valence-electron chi connectivity index (χ4n) is 4.57. The molecule has 1 aliphatic carbocycles. The molecule has 2 aliphatic heterocycles. The zero-order valence-corrected chi connectivity index (χ0v) is 13.8. The van der Waals surface area contributed by atoms with E-state index in [1.54, 1.807) is 0 Å². The van der Waals surface area contributed by atoms with E-state index in [4.69, 9.17) is 0 Å². The monoisotopic (exact) mass is 310 g/mol. The van der Waals surface area contributed by atoms with E-state index in [-0.39, 0.29) is 0 Å². The number of hydrogen-bond acceptors (Lipinski definition) is 3. The Kier molecular flexibility index (Phi) is 3.41. The number of fused-ring (bicyclic) bond motifs is 2. The largest absolute Gasteiger partial charge is 0.343 e. The third-order valence-corrected chi connectivity index (χ3v) is 6.00. The van der Waals surface area contributed by atoms with Gasteiger partial charge < -0.3 is 4.98 Å². The number of piperazine rings is 1. The van der Waals surface area contributed by atoms with Crippen LogP contribution in [0.4, 0.5) is 0 Å². The normalized spacial score (nSPS) is 26.5. The van der Waals surface area contributed by atoms with Crippen molar-refractivity contribution in [2.45, 2.75) is 50.6 Å². The van der Waals surface area contributed by atoms with Crippen LogP contribution < -0.4 is 0 Å². The highest BCUT2D eigenvalue weighted by molar-refractivity contribution is 5.81. The molecule has 1 N–H and O–H groups in total. The number of H-pyrrole nitrogens is 1. The number of rotatable bonds is 3. The standard InChI is InChI=1S/C19H26N4/c1-2-9-23-11-10-22(12-15(23)4-1)13-17-16-5-3-8-20-19(16)21-18(17)14-6-7-14/h3,5,8,14-15H,1-2,4,6-7,9-13H2,(H,20,21)/t15-/m1/s1. The number of piperidine rings is 1. The molecule has 0 radical (unpaired) electrons. The molecule has 2 aromatic rings. The Morgan fingerprint density at radius 2 is 2.09 bits per heavy atom. The molecule has 4 heterocycles. The van der Waals surface area contributed by atoms with E-state index in [0.717, 1.165) is 24.2 Å². The Morgan fingerprint density at radius 1 is 1.13 bits per heavy atom. The van der Waals surface area contributed by atoms with Crippen LogP contribution in [-0.2, 0) is 6.54 Å². The molecule has 5 rings (SSSR count). The molecule has 1 atom stereocenters. The van der Waals surface area contributed by atoms with Crippen LogP contribution in [0.2, 0.25) is 0 Å². The third-order valence-electron chi connectivity index (χ3n) is 6.00. The molecular weight excluding hydrogens is 284 g/mol. The van der Waals surface area contributed by atoms with Crippen molar-refractivity contribution in [1.82, 2.24) is 19.8 Å². The molecule has 0 amide bonds. The summed E-state index contributed by atoms with van der Waals surface area (Å²) in [5, 5.41) is 1.35. The highest BCUT2D eigenvalue weighted by Gasteiger charge is 2.32. The van der Waals surface area contributed by atoms with Gasteiger partial charge in [-0.25, -0.2) is 4.98 Å². The molecule has 23 heavy (non-hydrogen) atoms. The number of nitrogens with one attached hydrogen (secondary N) is 1. The van der Waals surface area contributed by atoms with Crippen LogP contribution in [-0.4, -0.2) is 52.0 Å². The van der Waals surface area contributed by atoms with Gasteiger partial charge in [-0.3, -0.25) is 9.80 Å². The molecule has 3 fully saturated rings. The zero-order valence-electron chi connectivity index (χ0n) is 13.8. The first-order chi connectivity index (χ1) is 11.4. The minimum absolute atomic E-state index is 0.759. The Hall–Kier alpha value is -1.39.